The molecule has 0 saturated heterocycles. The van der Waals surface area contributed by atoms with Gasteiger partial charge in [-0.05, 0) is 32.0 Å². The van der Waals surface area contributed by atoms with Crippen LogP contribution in [0.25, 0.3) is 0 Å². The summed E-state index contributed by atoms with van der Waals surface area (Å²) in [6.45, 7) is 4.29. The first kappa shape index (κ1) is 15.3. The number of ether oxygens (including phenoxy) is 1. The Labute approximate surface area is 125 Å². The Balaban J connectivity index is 2.30. The van der Waals surface area contributed by atoms with Gasteiger partial charge >= 0.3 is 0 Å². The number of aromatic nitrogens is 1. The van der Waals surface area contributed by atoms with Crippen LogP contribution in [0, 0.1) is 6.92 Å². The second-order valence-electron chi connectivity index (χ2n) is 4.57. The number of aryl methyl sites for hydroxylation is 1. The first-order chi connectivity index (χ1) is 9.95. The van der Waals surface area contributed by atoms with Crippen LogP contribution in [0.3, 0.4) is 0 Å². The SMILES string of the molecule is CCOc1ccc(S(=O)(=O)N(C)c2ccc(C)cc2)cn1. The molecular formula is C15H18N2O3S. The monoisotopic (exact) mass is 306 g/mol. The second-order valence-corrected chi connectivity index (χ2v) is 6.54. The quantitative estimate of drug-likeness (QED) is 0.852. The van der Waals surface area contributed by atoms with Gasteiger partial charge in [-0.15, -0.1) is 0 Å². The van der Waals surface area contributed by atoms with Crippen LogP contribution in [-0.4, -0.2) is 27.1 Å². The van der Waals surface area contributed by atoms with Crippen molar-refractivity contribution in [2.75, 3.05) is 18.0 Å². The molecule has 0 amide bonds. The first-order valence-corrected chi connectivity index (χ1v) is 8.03. The number of pyridine rings is 1. The Kier molecular flexibility index (Phi) is 4.47. The van der Waals surface area contributed by atoms with Crippen molar-refractivity contribution in [3.05, 3.63) is 48.2 Å². The van der Waals surface area contributed by atoms with Crippen molar-refractivity contribution in [3.8, 4) is 5.88 Å². The summed E-state index contributed by atoms with van der Waals surface area (Å²) in [6.07, 6.45) is 1.31. The highest BCUT2D eigenvalue weighted by Crippen LogP contribution is 2.22. The summed E-state index contributed by atoms with van der Waals surface area (Å²) in [6, 6.07) is 10.3. The van der Waals surface area contributed by atoms with Crippen molar-refractivity contribution in [3.63, 3.8) is 0 Å². The fourth-order valence-electron chi connectivity index (χ4n) is 1.80. The number of nitrogens with zero attached hydrogens (tertiary/aromatic N) is 2. The summed E-state index contributed by atoms with van der Waals surface area (Å²) >= 11 is 0. The average molecular weight is 306 g/mol. The van der Waals surface area contributed by atoms with Gasteiger partial charge in [0.15, 0.2) is 0 Å². The van der Waals surface area contributed by atoms with Crippen LogP contribution in [0.2, 0.25) is 0 Å². The molecule has 0 N–H and O–H groups in total. The number of sulfonamides is 1. The van der Waals surface area contributed by atoms with Gasteiger partial charge in [0.25, 0.3) is 10.0 Å². The molecule has 21 heavy (non-hydrogen) atoms. The van der Waals surface area contributed by atoms with Crippen molar-refractivity contribution >= 4 is 15.7 Å². The van der Waals surface area contributed by atoms with Crippen LogP contribution in [0.1, 0.15) is 12.5 Å². The highest BCUT2D eigenvalue weighted by molar-refractivity contribution is 7.92. The number of hydrogen-bond donors (Lipinski definition) is 0. The lowest BCUT2D eigenvalue weighted by Gasteiger charge is -2.19. The molecule has 1 aromatic carbocycles. The van der Waals surface area contributed by atoms with Gasteiger partial charge in [0.05, 0.1) is 18.5 Å². The third kappa shape index (κ3) is 3.33. The third-order valence-corrected chi connectivity index (χ3v) is 4.83. The van der Waals surface area contributed by atoms with Gasteiger partial charge < -0.3 is 4.74 Å². The Hall–Kier alpha value is -2.08. The topological polar surface area (TPSA) is 59.5 Å². The van der Waals surface area contributed by atoms with Gasteiger partial charge in [-0.1, -0.05) is 17.7 Å². The predicted octanol–water partition coefficient (Wildman–Crippen LogP) is 2.61. The van der Waals surface area contributed by atoms with Gasteiger partial charge in [-0.2, -0.15) is 0 Å². The van der Waals surface area contributed by atoms with E-state index in [1.165, 1.54) is 23.6 Å². The zero-order valence-electron chi connectivity index (χ0n) is 12.3. The van der Waals surface area contributed by atoms with Gasteiger partial charge in [0.2, 0.25) is 5.88 Å². The number of anilines is 1. The fourth-order valence-corrected chi connectivity index (χ4v) is 2.95. The molecule has 0 atom stereocenters. The summed E-state index contributed by atoms with van der Waals surface area (Å²) in [5, 5.41) is 0. The third-order valence-electron chi connectivity index (χ3n) is 3.06. The molecule has 0 bridgehead atoms. The Morgan fingerprint density at radius 2 is 1.81 bits per heavy atom. The van der Waals surface area contributed by atoms with Gasteiger partial charge in [-0.25, -0.2) is 13.4 Å². The minimum absolute atomic E-state index is 0.133. The summed E-state index contributed by atoms with van der Waals surface area (Å²) in [5.41, 5.74) is 1.68. The van der Waals surface area contributed by atoms with E-state index < -0.39 is 10.0 Å². The zero-order valence-corrected chi connectivity index (χ0v) is 13.1. The highest BCUT2D eigenvalue weighted by atomic mass is 32.2. The van der Waals surface area contributed by atoms with Crippen molar-refractivity contribution in [2.45, 2.75) is 18.7 Å². The molecule has 0 aliphatic carbocycles. The number of hydrogen-bond acceptors (Lipinski definition) is 4. The lowest BCUT2D eigenvalue weighted by atomic mass is 10.2. The van der Waals surface area contributed by atoms with E-state index in [1.807, 2.05) is 26.0 Å². The molecule has 0 spiro atoms. The normalized spacial score (nSPS) is 11.2. The maximum absolute atomic E-state index is 12.5. The molecule has 0 fully saturated rings. The van der Waals surface area contributed by atoms with Crippen LogP contribution < -0.4 is 9.04 Å². The lowest BCUT2D eigenvalue weighted by molar-refractivity contribution is 0.326. The molecule has 0 saturated carbocycles. The summed E-state index contributed by atoms with van der Waals surface area (Å²) in [7, 11) is -2.10. The molecule has 1 heterocycles. The molecule has 6 heteroatoms. The van der Waals surface area contributed by atoms with Crippen molar-refractivity contribution in [1.29, 1.82) is 0 Å². The van der Waals surface area contributed by atoms with E-state index in [1.54, 1.807) is 18.2 Å². The molecule has 5 nitrogen and oxygen atoms in total. The van der Waals surface area contributed by atoms with Crippen molar-refractivity contribution in [1.82, 2.24) is 4.98 Å². The van der Waals surface area contributed by atoms with Crippen LogP contribution >= 0.6 is 0 Å². The maximum Gasteiger partial charge on any atom is 0.265 e. The smallest absolute Gasteiger partial charge is 0.265 e. The highest BCUT2D eigenvalue weighted by Gasteiger charge is 2.21. The molecular weight excluding hydrogens is 288 g/mol. The molecule has 0 unspecified atom stereocenters. The second kappa shape index (κ2) is 6.13. The van der Waals surface area contributed by atoms with Gasteiger partial charge in [-0.3, -0.25) is 4.31 Å². The van der Waals surface area contributed by atoms with E-state index in [0.29, 0.717) is 18.2 Å². The van der Waals surface area contributed by atoms with E-state index in [9.17, 15) is 8.42 Å². The fraction of sp³-hybridized carbons (Fsp3) is 0.267. The lowest BCUT2D eigenvalue weighted by Crippen LogP contribution is -2.26. The van der Waals surface area contributed by atoms with E-state index in [-0.39, 0.29) is 4.90 Å². The van der Waals surface area contributed by atoms with E-state index in [2.05, 4.69) is 4.98 Å². The minimum atomic E-state index is -3.62. The van der Waals surface area contributed by atoms with Crippen molar-refractivity contribution < 1.29 is 13.2 Å². The summed E-state index contributed by atoms with van der Waals surface area (Å²) < 4.78 is 31.5. The number of benzene rings is 1. The van der Waals surface area contributed by atoms with E-state index in [4.69, 9.17) is 4.74 Å². The molecule has 2 rings (SSSR count). The summed E-state index contributed by atoms with van der Waals surface area (Å²) in [5.74, 6) is 0.412. The zero-order chi connectivity index (χ0) is 15.5. The molecule has 0 aliphatic rings. The molecule has 0 radical (unpaired) electrons. The maximum atomic E-state index is 12.5. The van der Waals surface area contributed by atoms with Gasteiger partial charge in [0, 0.05) is 13.1 Å². The van der Waals surface area contributed by atoms with Crippen LogP contribution in [-0.2, 0) is 10.0 Å². The Bertz CT molecular complexity index is 695. The minimum Gasteiger partial charge on any atom is -0.478 e. The van der Waals surface area contributed by atoms with E-state index in [0.717, 1.165) is 5.56 Å². The van der Waals surface area contributed by atoms with Crippen LogP contribution in [0.5, 0.6) is 5.88 Å². The van der Waals surface area contributed by atoms with E-state index >= 15 is 0 Å². The van der Waals surface area contributed by atoms with Crippen molar-refractivity contribution in [2.24, 2.45) is 0 Å². The largest absolute Gasteiger partial charge is 0.478 e. The van der Waals surface area contributed by atoms with Gasteiger partial charge in [0.1, 0.15) is 4.90 Å². The average Bonchev–Trinajstić information content (AvgIpc) is 2.48. The standard InChI is InChI=1S/C15H18N2O3S/c1-4-20-15-10-9-14(11-16-15)21(18,19)17(3)13-7-5-12(2)6-8-13/h5-11H,4H2,1-3H3. The Morgan fingerprint density at radius 1 is 1.14 bits per heavy atom. The number of rotatable bonds is 5. The molecule has 1 aromatic heterocycles. The Morgan fingerprint density at radius 3 is 2.33 bits per heavy atom. The van der Waals surface area contributed by atoms with Crippen LogP contribution in [0.15, 0.2) is 47.5 Å². The predicted molar refractivity (Wildman–Crippen MR) is 82.2 cm³/mol. The first-order valence-electron chi connectivity index (χ1n) is 6.59. The summed E-state index contributed by atoms with van der Waals surface area (Å²) in [4.78, 5) is 4.13. The molecule has 2 aromatic rings. The molecule has 112 valence electrons. The molecule has 0 aliphatic heterocycles. The van der Waals surface area contributed by atoms with Crippen LogP contribution in [0.4, 0.5) is 5.69 Å².